The van der Waals surface area contributed by atoms with Crippen LogP contribution in [-0.4, -0.2) is 21.4 Å². The van der Waals surface area contributed by atoms with Crippen molar-refractivity contribution in [2.24, 2.45) is 0 Å². The fourth-order valence-corrected chi connectivity index (χ4v) is 2.96. The van der Waals surface area contributed by atoms with E-state index in [1.54, 1.807) is 12.1 Å². The van der Waals surface area contributed by atoms with Crippen LogP contribution in [0.2, 0.25) is 0 Å². The van der Waals surface area contributed by atoms with E-state index in [9.17, 15) is 26.4 Å². The topological polar surface area (TPSA) is 72.5 Å². The average molecular weight is 373 g/mol. The van der Waals surface area contributed by atoms with Crippen LogP contribution in [0.4, 0.5) is 13.2 Å². The minimum Gasteiger partial charge on any atom is -0.380 e. The molecule has 0 unspecified atom stereocenters. The van der Waals surface area contributed by atoms with Gasteiger partial charge in [-0.15, -0.1) is 0 Å². The van der Waals surface area contributed by atoms with Gasteiger partial charge in [-0.2, -0.15) is 13.2 Å². The number of alkyl halides is 3. The second-order valence-corrected chi connectivity index (χ2v) is 6.77. The predicted octanol–water partition coefficient (Wildman–Crippen LogP) is 2.97. The van der Waals surface area contributed by atoms with Crippen molar-refractivity contribution in [3.63, 3.8) is 0 Å². The van der Waals surface area contributed by atoms with Crippen LogP contribution in [0.25, 0.3) is 0 Å². The lowest BCUT2D eigenvalue weighted by molar-refractivity contribution is -0.137. The summed E-state index contributed by atoms with van der Waals surface area (Å²) in [5.74, 6) is -0.885. The lowest BCUT2D eigenvalue weighted by Gasteiger charge is -2.10. The van der Waals surface area contributed by atoms with Gasteiger partial charge < -0.3 is 4.74 Å². The standard InChI is InChI=1S/C16H14F3NO4S/c1-24-10-11-2-4-12(5-3-11)15(21)20-25(22,23)14-8-6-13(7-9-14)16(17,18)19/h2-9H,10H2,1H3,(H,20,21). The van der Waals surface area contributed by atoms with E-state index < -0.39 is 32.6 Å². The lowest BCUT2D eigenvalue weighted by Crippen LogP contribution is -2.30. The molecule has 0 aliphatic carbocycles. The van der Waals surface area contributed by atoms with Crippen LogP contribution in [0.15, 0.2) is 53.4 Å². The van der Waals surface area contributed by atoms with Gasteiger partial charge in [0.25, 0.3) is 15.9 Å². The second kappa shape index (κ2) is 7.24. The van der Waals surface area contributed by atoms with Gasteiger partial charge in [0.1, 0.15) is 0 Å². The Bertz CT molecular complexity index is 844. The van der Waals surface area contributed by atoms with Crippen LogP contribution >= 0.6 is 0 Å². The van der Waals surface area contributed by atoms with Crippen LogP contribution in [0, 0.1) is 0 Å². The molecule has 134 valence electrons. The predicted molar refractivity (Wildman–Crippen MR) is 83.3 cm³/mol. The average Bonchev–Trinajstić information content (AvgIpc) is 2.55. The van der Waals surface area contributed by atoms with Gasteiger partial charge >= 0.3 is 6.18 Å². The zero-order valence-electron chi connectivity index (χ0n) is 13.0. The molecular formula is C16H14F3NO4S. The molecule has 0 atom stereocenters. The summed E-state index contributed by atoms with van der Waals surface area (Å²) >= 11 is 0. The summed E-state index contributed by atoms with van der Waals surface area (Å²) in [5.41, 5.74) is -0.0912. The summed E-state index contributed by atoms with van der Waals surface area (Å²) in [6.45, 7) is 0.339. The van der Waals surface area contributed by atoms with E-state index in [0.717, 1.165) is 17.7 Å². The molecular weight excluding hydrogens is 359 g/mol. The number of carbonyl (C=O) groups excluding carboxylic acids is 1. The number of methoxy groups -OCH3 is 1. The molecule has 25 heavy (non-hydrogen) atoms. The van der Waals surface area contributed by atoms with E-state index in [4.69, 9.17) is 4.74 Å². The Balaban J connectivity index is 2.16. The summed E-state index contributed by atoms with van der Waals surface area (Å²) in [5, 5.41) is 0. The molecule has 0 heterocycles. The van der Waals surface area contributed by atoms with Crippen molar-refractivity contribution in [2.45, 2.75) is 17.7 Å². The normalized spacial score (nSPS) is 12.0. The highest BCUT2D eigenvalue weighted by atomic mass is 32.2. The van der Waals surface area contributed by atoms with Gasteiger partial charge in [-0.05, 0) is 42.0 Å². The molecule has 1 amide bonds. The van der Waals surface area contributed by atoms with E-state index in [0.29, 0.717) is 18.7 Å². The SMILES string of the molecule is COCc1ccc(C(=O)NS(=O)(=O)c2ccc(C(F)(F)F)cc2)cc1. The number of rotatable bonds is 5. The van der Waals surface area contributed by atoms with Gasteiger partial charge in [-0.25, -0.2) is 13.1 Å². The van der Waals surface area contributed by atoms with Crippen molar-refractivity contribution in [1.82, 2.24) is 4.72 Å². The molecule has 0 saturated carbocycles. The van der Waals surface area contributed by atoms with Gasteiger partial charge in [-0.3, -0.25) is 4.79 Å². The Labute approximate surface area is 142 Å². The van der Waals surface area contributed by atoms with Crippen molar-refractivity contribution >= 4 is 15.9 Å². The third-order valence-corrected chi connectivity index (χ3v) is 4.59. The van der Waals surface area contributed by atoms with Crippen LogP contribution in [-0.2, 0) is 27.5 Å². The largest absolute Gasteiger partial charge is 0.416 e. The maximum Gasteiger partial charge on any atom is 0.416 e. The molecule has 2 aromatic carbocycles. The number of amides is 1. The number of carbonyl (C=O) groups is 1. The molecule has 5 nitrogen and oxygen atoms in total. The molecule has 0 aliphatic heterocycles. The van der Waals surface area contributed by atoms with Crippen LogP contribution in [0.1, 0.15) is 21.5 Å². The molecule has 9 heteroatoms. The summed E-state index contributed by atoms with van der Waals surface area (Å²) in [7, 11) is -2.77. The zero-order chi connectivity index (χ0) is 18.7. The van der Waals surface area contributed by atoms with E-state index in [1.807, 2.05) is 4.72 Å². The molecule has 0 radical (unpaired) electrons. The summed E-state index contributed by atoms with van der Waals surface area (Å²) < 4.78 is 68.5. The molecule has 0 bridgehead atoms. The number of hydrogen-bond donors (Lipinski definition) is 1. The third-order valence-electron chi connectivity index (χ3n) is 3.25. The first-order chi connectivity index (χ1) is 11.6. The van der Waals surface area contributed by atoms with Gasteiger partial charge in [-0.1, -0.05) is 12.1 Å². The minimum absolute atomic E-state index is 0.0929. The molecule has 0 aliphatic rings. The molecule has 0 aromatic heterocycles. The molecule has 2 rings (SSSR count). The molecule has 0 saturated heterocycles. The molecule has 2 aromatic rings. The smallest absolute Gasteiger partial charge is 0.380 e. The van der Waals surface area contributed by atoms with Crippen molar-refractivity contribution in [2.75, 3.05) is 7.11 Å². The van der Waals surface area contributed by atoms with Gasteiger partial charge in [0, 0.05) is 12.7 Å². The quantitative estimate of drug-likeness (QED) is 0.875. The fourth-order valence-electron chi connectivity index (χ4n) is 1.98. The van der Waals surface area contributed by atoms with Crippen LogP contribution in [0.3, 0.4) is 0 Å². The van der Waals surface area contributed by atoms with Crippen molar-refractivity contribution in [1.29, 1.82) is 0 Å². The summed E-state index contributed by atoms with van der Waals surface area (Å²) in [4.78, 5) is 11.6. The van der Waals surface area contributed by atoms with E-state index in [-0.39, 0.29) is 5.56 Å². The molecule has 0 spiro atoms. The highest BCUT2D eigenvalue weighted by Crippen LogP contribution is 2.29. The minimum atomic E-state index is -4.57. The number of nitrogens with one attached hydrogen (secondary N) is 1. The van der Waals surface area contributed by atoms with E-state index in [1.165, 1.54) is 19.2 Å². The van der Waals surface area contributed by atoms with Crippen LogP contribution in [0.5, 0.6) is 0 Å². The fraction of sp³-hybridized carbons (Fsp3) is 0.188. The Hall–Kier alpha value is -2.39. The number of benzene rings is 2. The first-order valence-electron chi connectivity index (χ1n) is 6.96. The Morgan fingerprint density at radius 3 is 2.08 bits per heavy atom. The number of ether oxygens (including phenoxy) is 1. The monoisotopic (exact) mass is 373 g/mol. The highest BCUT2D eigenvalue weighted by Gasteiger charge is 2.30. The number of halogens is 3. The zero-order valence-corrected chi connectivity index (χ0v) is 13.8. The molecule has 0 fully saturated rings. The van der Waals surface area contributed by atoms with Crippen molar-refractivity contribution in [3.8, 4) is 0 Å². The van der Waals surface area contributed by atoms with Crippen molar-refractivity contribution in [3.05, 3.63) is 65.2 Å². The highest BCUT2D eigenvalue weighted by molar-refractivity contribution is 7.90. The van der Waals surface area contributed by atoms with Crippen molar-refractivity contribution < 1.29 is 31.1 Å². The lowest BCUT2D eigenvalue weighted by atomic mass is 10.1. The maximum atomic E-state index is 12.5. The maximum absolute atomic E-state index is 12.5. The third kappa shape index (κ3) is 4.80. The van der Waals surface area contributed by atoms with E-state index >= 15 is 0 Å². The van der Waals surface area contributed by atoms with Crippen LogP contribution < -0.4 is 4.72 Å². The first-order valence-corrected chi connectivity index (χ1v) is 8.44. The second-order valence-electron chi connectivity index (χ2n) is 5.09. The van der Waals surface area contributed by atoms with E-state index in [2.05, 4.69) is 0 Å². The van der Waals surface area contributed by atoms with Gasteiger partial charge in [0.2, 0.25) is 0 Å². The first kappa shape index (κ1) is 18.9. The Kier molecular flexibility index (Phi) is 5.48. The Morgan fingerprint density at radius 2 is 1.60 bits per heavy atom. The van der Waals surface area contributed by atoms with Gasteiger partial charge in [0.05, 0.1) is 17.1 Å². The Morgan fingerprint density at radius 1 is 1.04 bits per heavy atom. The summed E-state index contributed by atoms with van der Waals surface area (Å²) in [6, 6.07) is 8.90. The number of hydrogen-bond acceptors (Lipinski definition) is 4. The number of sulfonamides is 1. The summed E-state index contributed by atoms with van der Waals surface area (Å²) in [6.07, 6.45) is -4.57. The molecule has 1 N–H and O–H groups in total. The van der Waals surface area contributed by atoms with Gasteiger partial charge in [0.15, 0.2) is 0 Å².